The largest absolute Gasteiger partial charge is 0.496 e. The molecule has 0 radical (unpaired) electrons. The minimum atomic E-state index is -0.161. The van der Waals surface area contributed by atoms with Crippen LogP contribution in [0.1, 0.15) is 68.0 Å². The standard InChI is InChI=1S/C65H46N6O.C63H44N4OS/c1-39(2)72-58-35-34-56(70(3)4)61-53-32-30-49(42-21-23-44(24-22-42)64-67-63(43-13-6-5-7-14-43)68-65(69-64)47-25-20-41-12-8-9-15-45(41)36-47)59-50(31-33-54(60(53)59)62(58)61)46-26-29-52-51-16-10-11-17-55(51)71(57(52)37-46)48-27-18-40(38-66)19-28-48;1-6-36-18-21-39(22-19-36)60-65-61(67-62(66-60)47-13-9-15-51-55(47)45-11-7-8-14-50(45)63(51,3)4)40-25-23-38(24-26-40)48-33-52(68-5)58-43-27-17-35(2)31-49(43)44-30-29-42(57(48)59(44)58)41-12-10-16-53-56(41)46-28-20-37(34-64)32-54(46)69-53/h5-37,39H,1-4H3;7-33H,6H2,1-5H3. The first-order valence-corrected chi connectivity index (χ1v) is 48.8. The molecule has 23 aromatic rings. The highest BCUT2D eigenvalue weighted by atomic mass is 32.1. The number of nitriles is 2. The lowest BCUT2D eigenvalue weighted by atomic mass is 9.82. The summed E-state index contributed by atoms with van der Waals surface area (Å²) in [7, 11) is 6.01. The van der Waals surface area contributed by atoms with Gasteiger partial charge in [0, 0.05) is 117 Å². The maximum absolute atomic E-state index is 9.78. The Hall–Kier alpha value is -17.6. The molecule has 13 heteroatoms. The number of fused-ring (bicyclic) bond motifs is 16. The fraction of sp³-hybridized carbons (Fsp3) is 0.0938. The summed E-state index contributed by atoms with van der Waals surface area (Å²) in [5.41, 5.74) is 36.8. The number of thiophene rings is 1. The number of para-hydroxylation sites is 1. The molecule has 19 aromatic carbocycles. The normalized spacial score (nSPS) is 12.3. The fourth-order valence-electron chi connectivity index (χ4n) is 22.1. The fourth-order valence-corrected chi connectivity index (χ4v) is 23.2. The van der Waals surface area contributed by atoms with Gasteiger partial charge < -0.3 is 18.9 Å². The number of nitrogens with zero attached hydrogens (tertiary/aromatic N) is 10. The molecular weight excluding hydrogens is 1740 g/mol. The van der Waals surface area contributed by atoms with Crippen molar-refractivity contribution in [3.63, 3.8) is 0 Å². The zero-order chi connectivity index (χ0) is 95.3. The third-order valence-electron chi connectivity index (χ3n) is 28.7. The van der Waals surface area contributed by atoms with Crippen molar-refractivity contribution in [2.24, 2.45) is 0 Å². The van der Waals surface area contributed by atoms with Crippen LogP contribution in [0, 0.1) is 29.6 Å². The highest BCUT2D eigenvalue weighted by molar-refractivity contribution is 7.26. The SMILES string of the molecule is CC(C)Oc1ccc(N(C)C)c2c1-c1ccc(-c3ccc4c5ccccc5n(-c5ccc(C#N)cc5)c4c3)c3c(-c4ccc(-c5nc(-c6ccccc6)nc(-c6ccc7ccccc7c6)n5)cc4)ccc-2c13.CCc1ccc(-c2nc(-c3ccc(-c4cc(OC)c5c6c(ccc(-c7cccc8sc9cc(C#N)ccc9c78)c46)-c4cc(C)ccc4-5)cc3)nc(-c3cccc4c3-c3ccccc3C4(C)C)n2)cc1. The lowest BCUT2D eigenvalue weighted by Gasteiger charge is -2.21. The van der Waals surface area contributed by atoms with Crippen LogP contribution in [0.15, 0.2) is 364 Å². The molecule has 670 valence electrons. The van der Waals surface area contributed by atoms with E-state index >= 15 is 0 Å². The third-order valence-corrected chi connectivity index (χ3v) is 29.9. The summed E-state index contributed by atoms with van der Waals surface area (Å²) < 4.78 is 17.6. The van der Waals surface area contributed by atoms with Crippen molar-refractivity contribution in [2.45, 2.75) is 59.5 Å². The first-order valence-electron chi connectivity index (χ1n) is 47.9. The van der Waals surface area contributed by atoms with Crippen molar-refractivity contribution in [3.8, 4) is 198 Å². The quantitative estimate of drug-likeness (QED) is 0.0909. The van der Waals surface area contributed by atoms with Crippen molar-refractivity contribution in [2.75, 3.05) is 26.1 Å². The average Bonchev–Trinajstić information content (AvgIpc) is 1.55. The highest BCUT2D eigenvalue weighted by Crippen LogP contribution is 2.61. The van der Waals surface area contributed by atoms with Crippen molar-refractivity contribution in [1.82, 2.24) is 34.5 Å². The lowest BCUT2D eigenvalue weighted by Crippen LogP contribution is -2.14. The van der Waals surface area contributed by atoms with Gasteiger partial charge in [-0.2, -0.15) is 10.5 Å². The van der Waals surface area contributed by atoms with Crippen molar-refractivity contribution >= 4 is 91.3 Å². The Morgan fingerprint density at radius 2 is 0.872 bits per heavy atom. The number of benzene rings is 19. The Kier molecular flexibility index (Phi) is 20.3. The number of ether oxygens (including phenoxy) is 2. The molecule has 0 fully saturated rings. The smallest absolute Gasteiger partial charge is 0.164 e. The van der Waals surface area contributed by atoms with Crippen LogP contribution in [-0.2, 0) is 11.8 Å². The second-order valence-corrected chi connectivity index (χ2v) is 39.0. The van der Waals surface area contributed by atoms with E-state index in [0.717, 1.165) is 156 Å². The zero-order valence-electron chi connectivity index (χ0n) is 79.1. The van der Waals surface area contributed by atoms with Crippen LogP contribution in [0.5, 0.6) is 11.5 Å². The van der Waals surface area contributed by atoms with E-state index < -0.39 is 0 Å². The van der Waals surface area contributed by atoms with E-state index in [1.165, 1.54) is 104 Å². The Bertz CT molecular complexity index is 9280. The average molecular weight is 1830 g/mol. The summed E-state index contributed by atoms with van der Waals surface area (Å²) in [5.74, 6) is 5.48. The molecule has 141 heavy (non-hydrogen) atoms. The molecule has 0 amide bonds. The first kappa shape index (κ1) is 85.1. The van der Waals surface area contributed by atoms with E-state index in [9.17, 15) is 10.5 Å². The van der Waals surface area contributed by atoms with Gasteiger partial charge in [0.15, 0.2) is 34.9 Å². The number of hydrogen-bond donors (Lipinski definition) is 0. The molecule has 3 aliphatic carbocycles. The van der Waals surface area contributed by atoms with Crippen molar-refractivity contribution in [3.05, 3.63) is 397 Å². The van der Waals surface area contributed by atoms with Crippen LogP contribution >= 0.6 is 11.3 Å². The number of methoxy groups -OCH3 is 1. The van der Waals surface area contributed by atoms with Crippen molar-refractivity contribution < 1.29 is 9.47 Å². The Morgan fingerprint density at radius 1 is 0.348 bits per heavy atom. The van der Waals surface area contributed by atoms with Gasteiger partial charge in [0.2, 0.25) is 0 Å². The van der Waals surface area contributed by atoms with E-state index in [1.807, 2.05) is 66.7 Å². The molecule has 0 atom stereocenters. The molecule has 3 aliphatic rings. The molecule has 0 N–H and O–H groups in total. The van der Waals surface area contributed by atoms with Gasteiger partial charge in [-0.25, -0.2) is 29.9 Å². The monoisotopic (exact) mass is 1830 g/mol. The van der Waals surface area contributed by atoms with Crippen LogP contribution in [0.25, 0.3) is 248 Å². The van der Waals surface area contributed by atoms with Gasteiger partial charge >= 0.3 is 0 Å². The van der Waals surface area contributed by atoms with Gasteiger partial charge in [0.05, 0.1) is 47.5 Å². The van der Waals surface area contributed by atoms with Crippen LogP contribution in [-0.4, -0.2) is 61.8 Å². The first-order chi connectivity index (χ1) is 69.0. The van der Waals surface area contributed by atoms with E-state index in [0.29, 0.717) is 46.1 Å². The highest BCUT2D eigenvalue weighted by Gasteiger charge is 2.39. The molecule has 0 aliphatic heterocycles. The summed E-state index contributed by atoms with van der Waals surface area (Å²) in [6.07, 6.45) is 0.952. The number of aromatic nitrogens is 7. The Labute approximate surface area is 820 Å². The third kappa shape index (κ3) is 14.0. The molecular formula is C128H90N10O2S. The molecule has 0 spiro atoms. The number of rotatable bonds is 16. The van der Waals surface area contributed by atoms with Gasteiger partial charge in [-0.15, -0.1) is 11.3 Å². The van der Waals surface area contributed by atoms with E-state index in [1.54, 1.807) is 18.4 Å². The molecule has 4 heterocycles. The summed E-state index contributed by atoms with van der Waals surface area (Å²) in [6.45, 7) is 13.1. The molecule has 0 saturated carbocycles. The summed E-state index contributed by atoms with van der Waals surface area (Å²) >= 11 is 1.74. The number of hydrogen-bond acceptors (Lipinski definition) is 12. The Balaban J connectivity index is 0.000000149. The van der Waals surface area contributed by atoms with Crippen LogP contribution in [0.3, 0.4) is 0 Å². The summed E-state index contributed by atoms with van der Waals surface area (Å²) in [4.78, 5) is 33.3. The summed E-state index contributed by atoms with van der Waals surface area (Å²) in [6, 6.07) is 134. The Morgan fingerprint density at radius 3 is 1.57 bits per heavy atom. The lowest BCUT2D eigenvalue weighted by molar-refractivity contribution is 0.243. The van der Waals surface area contributed by atoms with Gasteiger partial charge in [-0.05, 0) is 233 Å². The molecule has 0 saturated heterocycles. The number of anilines is 1. The van der Waals surface area contributed by atoms with E-state index in [4.69, 9.17) is 39.4 Å². The predicted molar refractivity (Wildman–Crippen MR) is 580 cm³/mol. The molecule has 4 aromatic heterocycles. The van der Waals surface area contributed by atoms with Crippen LogP contribution in [0.4, 0.5) is 5.69 Å². The molecule has 26 rings (SSSR count). The van der Waals surface area contributed by atoms with E-state index in [-0.39, 0.29) is 11.5 Å². The predicted octanol–water partition coefficient (Wildman–Crippen LogP) is 32.4. The van der Waals surface area contributed by atoms with Gasteiger partial charge in [0.1, 0.15) is 11.5 Å². The van der Waals surface area contributed by atoms with Gasteiger partial charge in [0.25, 0.3) is 0 Å². The van der Waals surface area contributed by atoms with Gasteiger partial charge in [-0.3, -0.25) is 0 Å². The van der Waals surface area contributed by atoms with Crippen molar-refractivity contribution in [1.29, 1.82) is 10.5 Å². The zero-order valence-corrected chi connectivity index (χ0v) is 79.9. The van der Waals surface area contributed by atoms with Gasteiger partial charge in [-0.1, -0.05) is 311 Å². The molecule has 12 nitrogen and oxygen atoms in total. The minimum Gasteiger partial charge on any atom is -0.496 e. The summed E-state index contributed by atoms with van der Waals surface area (Å²) in [5, 5.41) is 31.2. The minimum absolute atomic E-state index is 0.00162. The second-order valence-electron chi connectivity index (χ2n) is 37.9. The van der Waals surface area contributed by atoms with Crippen LogP contribution < -0.4 is 14.4 Å². The maximum atomic E-state index is 9.78. The molecule has 0 unspecified atom stereocenters. The van der Waals surface area contributed by atoms with Crippen LogP contribution in [0.2, 0.25) is 0 Å². The topological polar surface area (TPSA) is 152 Å². The van der Waals surface area contributed by atoms with E-state index in [2.05, 4.69) is 374 Å². The molecule has 0 bridgehead atoms. The number of aryl methyl sites for hydroxylation is 2. The second kappa shape index (κ2) is 33.7. The maximum Gasteiger partial charge on any atom is 0.164 e.